The summed E-state index contributed by atoms with van der Waals surface area (Å²) in [5.41, 5.74) is 2.95. The average molecular weight is 498 g/mol. The maximum atomic E-state index is 13.8. The Morgan fingerprint density at radius 2 is 1.41 bits per heavy atom. The molecule has 4 amide bonds. The molecule has 8 nitrogen and oxygen atoms in total. The molecule has 3 aromatic carbocycles. The van der Waals surface area contributed by atoms with Crippen LogP contribution in [0.15, 0.2) is 91.0 Å². The molecular weight excluding hydrogens is 466 g/mol. The fourth-order valence-corrected chi connectivity index (χ4v) is 5.14. The highest BCUT2D eigenvalue weighted by Crippen LogP contribution is 2.28. The molecule has 0 bridgehead atoms. The third-order valence-corrected chi connectivity index (χ3v) is 6.92. The minimum atomic E-state index is -0.699. The molecule has 5 rings (SSSR count). The molecule has 3 aromatic rings. The minimum absolute atomic E-state index is 0.0203. The molecule has 2 aliphatic rings. The van der Waals surface area contributed by atoms with Gasteiger partial charge in [-0.25, -0.2) is 14.8 Å². The lowest BCUT2D eigenvalue weighted by atomic mass is 9.98. The summed E-state index contributed by atoms with van der Waals surface area (Å²) >= 11 is 0. The van der Waals surface area contributed by atoms with E-state index >= 15 is 0 Å². The fraction of sp³-hybridized carbons (Fsp3) is 0.276. The summed E-state index contributed by atoms with van der Waals surface area (Å²) in [5, 5.41) is 6.23. The van der Waals surface area contributed by atoms with E-state index in [-0.39, 0.29) is 30.9 Å². The zero-order valence-electron chi connectivity index (χ0n) is 20.9. The van der Waals surface area contributed by atoms with Crippen molar-refractivity contribution in [1.29, 1.82) is 0 Å². The Balaban J connectivity index is 1.45. The van der Waals surface area contributed by atoms with Gasteiger partial charge in [-0.2, -0.15) is 0 Å². The van der Waals surface area contributed by atoms with Gasteiger partial charge in [0.25, 0.3) is 0 Å². The molecule has 2 fully saturated rings. The van der Waals surface area contributed by atoms with Crippen molar-refractivity contribution in [3.05, 3.63) is 108 Å². The normalized spacial score (nSPS) is 20.1. The van der Waals surface area contributed by atoms with Gasteiger partial charge in [0.05, 0.1) is 13.1 Å². The summed E-state index contributed by atoms with van der Waals surface area (Å²) < 4.78 is 0. The summed E-state index contributed by atoms with van der Waals surface area (Å²) in [7, 11) is 1.74. The first-order valence-corrected chi connectivity index (χ1v) is 12.5. The first-order chi connectivity index (χ1) is 18.0. The molecule has 0 aromatic heterocycles. The highest BCUT2D eigenvalue weighted by molar-refractivity contribution is 5.91. The van der Waals surface area contributed by atoms with E-state index in [0.29, 0.717) is 19.5 Å². The van der Waals surface area contributed by atoms with Gasteiger partial charge in [-0.15, -0.1) is 0 Å². The monoisotopic (exact) mass is 497 g/mol. The second-order valence-electron chi connectivity index (χ2n) is 9.50. The summed E-state index contributed by atoms with van der Waals surface area (Å²) in [4.78, 5) is 44.0. The number of carbonyl (C=O) groups is 3. The molecular formula is C29H31N5O3. The number of urea groups is 1. The largest absolute Gasteiger partial charge is 0.334 e. The smallest absolute Gasteiger partial charge is 0.333 e. The van der Waals surface area contributed by atoms with Crippen molar-refractivity contribution in [2.75, 3.05) is 20.1 Å². The minimum Gasteiger partial charge on any atom is -0.333 e. The third kappa shape index (κ3) is 5.34. The lowest BCUT2D eigenvalue weighted by Gasteiger charge is -2.54. The molecule has 2 saturated heterocycles. The van der Waals surface area contributed by atoms with E-state index in [1.807, 2.05) is 91.0 Å². The van der Waals surface area contributed by atoms with Crippen molar-refractivity contribution in [3.8, 4) is 0 Å². The van der Waals surface area contributed by atoms with E-state index in [9.17, 15) is 14.4 Å². The van der Waals surface area contributed by atoms with Crippen LogP contribution in [0.25, 0.3) is 0 Å². The van der Waals surface area contributed by atoms with Crippen LogP contribution < -0.4 is 5.32 Å². The lowest BCUT2D eigenvalue weighted by molar-refractivity contribution is -0.187. The van der Waals surface area contributed by atoms with E-state index in [4.69, 9.17) is 0 Å². The van der Waals surface area contributed by atoms with Crippen LogP contribution in [0.1, 0.15) is 16.7 Å². The van der Waals surface area contributed by atoms with Crippen molar-refractivity contribution in [1.82, 2.24) is 25.1 Å². The topological polar surface area (TPSA) is 76.2 Å². The Hall–Kier alpha value is -4.17. The summed E-state index contributed by atoms with van der Waals surface area (Å²) in [6.07, 6.45) is -0.228. The number of likely N-dealkylation sites (N-methyl/N-ethyl adjacent to an activating group) is 1. The average Bonchev–Trinajstić information content (AvgIpc) is 2.91. The molecule has 0 radical (unpaired) electrons. The van der Waals surface area contributed by atoms with E-state index < -0.39 is 12.2 Å². The van der Waals surface area contributed by atoms with Gasteiger partial charge in [-0.1, -0.05) is 91.0 Å². The molecule has 0 saturated carbocycles. The van der Waals surface area contributed by atoms with Crippen LogP contribution in [0.2, 0.25) is 0 Å². The number of piperazine rings is 1. The SMILES string of the molecule is CN1CC(=O)N2[C@@H](Cc3ccccc3)C(=O)N(Cc3ccccc3)C[C@@H]2N1C(=O)NCc1ccccc1. The zero-order valence-corrected chi connectivity index (χ0v) is 20.9. The van der Waals surface area contributed by atoms with Crippen LogP contribution in [-0.4, -0.2) is 70.0 Å². The van der Waals surface area contributed by atoms with E-state index in [0.717, 1.165) is 16.7 Å². The van der Waals surface area contributed by atoms with Gasteiger partial charge in [0, 0.05) is 26.6 Å². The highest BCUT2D eigenvalue weighted by atomic mass is 16.2. The van der Waals surface area contributed by atoms with Gasteiger partial charge >= 0.3 is 6.03 Å². The number of amides is 4. The van der Waals surface area contributed by atoms with Crippen LogP contribution in [-0.2, 0) is 29.1 Å². The molecule has 0 aliphatic carbocycles. The van der Waals surface area contributed by atoms with Gasteiger partial charge < -0.3 is 15.1 Å². The van der Waals surface area contributed by atoms with E-state index in [2.05, 4.69) is 5.32 Å². The molecule has 2 heterocycles. The Labute approximate surface area is 217 Å². The van der Waals surface area contributed by atoms with Crippen LogP contribution >= 0.6 is 0 Å². The second-order valence-corrected chi connectivity index (χ2v) is 9.50. The first kappa shape index (κ1) is 24.5. The Kier molecular flexibility index (Phi) is 7.18. The number of benzene rings is 3. The van der Waals surface area contributed by atoms with Gasteiger partial charge in [0.15, 0.2) is 0 Å². The summed E-state index contributed by atoms with van der Waals surface area (Å²) in [5.74, 6) is -0.264. The maximum Gasteiger partial charge on any atom is 0.334 e. The van der Waals surface area contributed by atoms with Crippen LogP contribution in [0.3, 0.4) is 0 Å². The molecule has 2 aliphatic heterocycles. The quantitative estimate of drug-likeness (QED) is 0.568. The van der Waals surface area contributed by atoms with Crippen molar-refractivity contribution >= 4 is 17.8 Å². The predicted octanol–water partition coefficient (Wildman–Crippen LogP) is 2.87. The number of fused-ring (bicyclic) bond motifs is 1. The van der Waals surface area contributed by atoms with Crippen LogP contribution in [0.5, 0.6) is 0 Å². The number of hydrazine groups is 1. The van der Waals surface area contributed by atoms with Gasteiger partial charge in [-0.3, -0.25) is 9.59 Å². The molecule has 1 N–H and O–H groups in total. The third-order valence-electron chi connectivity index (χ3n) is 6.92. The highest BCUT2D eigenvalue weighted by Gasteiger charge is 2.50. The second kappa shape index (κ2) is 10.8. The molecule has 37 heavy (non-hydrogen) atoms. The number of nitrogens with one attached hydrogen (secondary N) is 1. The van der Waals surface area contributed by atoms with Crippen molar-refractivity contribution < 1.29 is 14.4 Å². The van der Waals surface area contributed by atoms with Gasteiger partial charge in [0.2, 0.25) is 11.8 Å². The number of carbonyl (C=O) groups excluding carboxylic acids is 3. The molecule has 190 valence electrons. The van der Waals surface area contributed by atoms with Crippen molar-refractivity contribution in [2.45, 2.75) is 31.7 Å². The van der Waals surface area contributed by atoms with E-state index in [1.54, 1.807) is 26.9 Å². The molecule has 0 unspecified atom stereocenters. The summed E-state index contributed by atoms with van der Waals surface area (Å²) in [6.45, 7) is 1.03. The predicted molar refractivity (Wildman–Crippen MR) is 140 cm³/mol. The Morgan fingerprint density at radius 3 is 2.03 bits per heavy atom. The van der Waals surface area contributed by atoms with Crippen LogP contribution in [0, 0.1) is 0 Å². The molecule has 8 heteroatoms. The van der Waals surface area contributed by atoms with Crippen LogP contribution in [0.4, 0.5) is 4.79 Å². The number of hydrogen-bond donors (Lipinski definition) is 1. The fourth-order valence-electron chi connectivity index (χ4n) is 5.14. The first-order valence-electron chi connectivity index (χ1n) is 12.5. The number of hydrogen-bond acceptors (Lipinski definition) is 4. The van der Waals surface area contributed by atoms with Gasteiger partial charge in [-0.05, 0) is 16.7 Å². The standard InChI is InChI=1S/C29H31N5O3/c1-31-21-27(35)33-25(17-22-11-5-2-6-12-22)28(36)32(19-24-15-9-4-10-16-24)20-26(33)34(31)29(37)30-18-23-13-7-3-8-14-23/h2-16,25-26H,17-21H2,1H3,(H,30,37)/t25-,26-/m0/s1. The Morgan fingerprint density at radius 1 is 0.838 bits per heavy atom. The number of nitrogens with zero attached hydrogens (tertiary/aromatic N) is 4. The van der Waals surface area contributed by atoms with E-state index in [1.165, 1.54) is 0 Å². The molecule has 0 spiro atoms. The molecule has 2 atom stereocenters. The maximum absolute atomic E-state index is 13.8. The van der Waals surface area contributed by atoms with Gasteiger partial charge in [0.1, 0.15) is 12.2 Å². The Bertz CT molecular complexity index is 1240. The lowest BCUT2D eigenvalue weighted by Crippen LogP contribution is -2.76. The van der Waals surface area contributed by atoms with Crippen molar-refractivity contribution in [3.63, 3.8) is 0 Å². The van der Waals surface area contributed by atoms with Crippen molar-refractivity contribution in [2.24, 2.45) is 0 Å². The summed E-state index contributed by atoms with van der Waals surface area (Å²) in [6, 6.07) is 28.2. The number of rotatable bonds is 6. The zero-order chi connectivity index (χ0) is 25.8.